The smallest absolute Gasteiger partial charge is 0.237 e. The summed E-state index contributed by atoms with van der Waals surface area (Å²) < 4.78 is 30.0. The van der Waals surface area contributed by atoms with Crippen LogP contribution in [-0.4, -0.2) is 62.4 Å². The van der Waals surface area contributed by atoms with Crippen molar-refractivity contribution in [2.24, 2.45) is 0 Å². The minimum absolute atomic E-state index is 0.0831. The van der Waals surface area contributed by atoms with Crippen LogP contribution in [0.1, 0.15) is 18.4 Å². The highest BCUT2D eigenvalue weighted by molar-refractivity contribution is 7.88. The molecule has 2 rings (SSSR count). The predicted octanol–water partition coefficient (Wildman–Crippen LogP) is 0.277. The molecule has 134 valence electrons. The Labute approximate surface area is 142 Å². The maximum Gasteiger partial charge on any atom is 0.237 e. The van der Waals surface area contributed by atoms with Crippen LogP contribution in [0.5, 0.6) is 5.75 Å². The number of amides is 1. The Morgan fingerprint density at radius 1 is 1.46 bits per heavy atom. The molecule has 0 bridgehead atoms. The fourth-order valence-electron chi connectivity index (χ4n) is 2.67. The molecule has 1 aromatic carbocycles. The van der Waals surface area contributed by atoms with E-state index in [1.54, 1.807) is 0 Å². The zero-order valence-electron chi connectivity index (χ0n) is 14.0. The Bertz CT molecular complexity index is 691. The lowest BCUT2D eigenvalue weighted by molar-refractivity contribution is -0.138. The van der Waals surface area contributed by atoms with Gasteiger partial charge in [-0.3, -0.25) is 4.79 Å². The van der Waals surface area contributed by atoms with E-state index < -0.39 is 15.6 Å². The third-order valence-electron chi connectivity index (χ3n) is 3.89. The molecule has 0 radical (unpaired) electrons. The van der Waals surface area contributed by atoms with Crippen molar-refractivity contribution in [2.45, 2.75) is 25.4 Å². The fraction of sp³-hybridized carbons (Fsp3) is 0.562. The second-order valence-electron chi connectivity index (χ2n) is 6.34. The summed E-state index contributed by atoms with van der Waals surface area (Å²) in [6.45, 7) is 2.37. The molecule has 0 aliphatic carbocycles. The number of aliphatic hydroxyl groups is 1. The second kappa shape index (κ2) is 7.50. The van der Waals surface area contributed by atoms with Crippen molar-refractivity contribution < 1.29 is 23.1 Å². The van der Waals surface area contributed by atoms with Crippen molar-refractivity contribution in [3.63, 3.8) is 0 Å². The second-order valence-corrected chi connectivity index (χ2v) is 8.17. The van der Waals surface area contributed by atoms with Crippen LogP contribution < -0.4 is 9.46 Å². The summed E-state index contributed by atoms with van der Waals surface area (Å²) in [5.74, 6) is 0.319. The molecule has 1 fully saturated rings. The number of carbonyl (C=O) groups excluding carboxylic acids is 1. The molecule has 2 N–H and O–H groups in total. The molecule has 7 nitrogen and oxygen atoms in total. The van der Waals surface area contributed by atoms with Gasteiger partial charge in [0.25, 0.3) is 0 Å². The first-order chi connectivity index (χ1) is 11.2. The van der Waals surface area contributed by atoms with E-state index in [-0.39, 0.29) is 25.6 Å². The lowest BCUT2D eigenvalue weighted by Gasteiger charge is -2.39. The highest BCUT2D eigenvalue weighted by Crippen LogP contribution is 2.23. The van der Waals surface area contributed by atoms with E-state index in [9.17, 15) is 18.3 Å². The molecule has 1 amide bonds. The van der Waals surface area contributed by atoms with Crippen molar-refractivity contribution in [1.29, 1.82) is 0 Å². The van der Waals surface area contributed by atoms with Crippen molar-refractivity contribution in [3.05, 3.63) is 29.8 Å². The molecule has 1 aliphatic heterocycles. The number of hydrogen-bond acceptors (Lipinski definition) is 5. The summed E-state index contributed by atoms with van der Waals surface area (Å²) >= 11 is 0. The topological polar surface area (TPSA) is 95.9 Å². The van der Waals surface area contributed by atoms with Gasteiger partial charge in [-0.2, -0.15) is 0 Å². The highest BCUT2D eigenvalue weighted by atomic mass is 32.2. The van der Waals surface area contributed by atoms with Crippen LogP contribution in [0.2, 0.25) is 0 Å². The highest BCUT2D eigenvalue weighted by Gasteiger charge is 2.36. The summed E-state index contributed by atoms with van der Waals surface area (Å²) in [5, 5.41) is 10.7. The first kappa shape index (κ1) is 18.7. The molecule has 0 saturated carbocycles. The van der Waals surface area contributed by atoms with E-state index >= 15 is 0 Å². The van der Waals surface area contributed by atoms with Gasteiger partial charge in [0.2, 0.25) is 15.9 Å². The average molecular weight is 356 g/mol. The molecule has 0 spiro atoms. The fourth-order valence-corrected chi connectivity index (χ4v) is 3.06. The van der Waals surface area contributed by atoms with E-state index in [1.807, 2.05) is 31.2 Å². The molecule has 1 saturated heterocycles. The molecule has 1 aromatic rings. The Morgan fingerprint density at radius 2 is 2.21 bits per heavy atom. The molecule has 1 aliphatic rings. The van der Waals surface area contributed by atoms with Crippen molar-refractivity contribution >= 4 is 15.9 Å². The summed E-state index contributed by atoms with van der Waals surface area (Å²) in [7, 11) is -3.42. The van der Waals surface area contributed by atoms with E-state index in [1.165, 1.54) is 4.90 Å². The Kier molecular flexibility index (Phi) is 5.84. The molecule has 24 heavy (non-hydrogen) atoms. The van der Waals surface area contributed by atoms with Gasteiger partial charge in [0.15, 0.2) is 0 Å². The molecule has 1 atom stereocenters. The normalized spacial score (nSPS) is 21.5. The van der Waals surface area contributed by atoms with Crippen LogP contribution in [0, 0.1) is 6.92 Å². The van der Waals surface area contributed by atoms with Crippen LogP contribution in [0.3, 0.4) is 0 Å². The number of ether oxygens (including phenoxy) is 1. The van der Waals surface area contributed by atoms with Gasteiger partial charge in [0, 0.05) is 6.54 Å². The Hall–Kier alpha value is -1.64. The van der Waals surface area contributed by atoms with Crippen LogP contribution in [-0.2, 0) is 14.8 Å². The number of sulfonamides is 1. The van der Waals surface area contributed by atoms with Gasteiger partial charge < -0.3 is 14.7 Å². The molecule has 1 heterocycles. The van der Waals surface area contributed by atoms with Gasteiger partial charge in [0.05, 0.1) is 19.3 Å². The predicted molar refractivity (Wildman–Crippen MR) is 90.3 cm³/mol. The van der Waals surface area contributed by atoms with Crippen LogP contribution in [0.25, 0.3) is 0 Å². The number of carbonyl (C=O) groups is 1. The summed E-state index contributed by atoms with van der Waals surface area (Å²) in [6.07, 6.45) is 2.17. The largest absolute Gasteiger partial charge is 0.491 e. The number of rotatable bonds is 6. The number of nitrogens with zero attached hydrogens (tertiary/aromatic N) is 1. The van der Waals surface area contributed by atoms with Gasteiger partial charge in [-0.05, 0) is 37.5 Å². The maximum absolute atomic E-state index is 12.1. The number of β-amino-alcohol motifs (C(OH)–C–C–N with tert-alkyl or cyclic N) is 1. The van der Waals surface area contributed by atoms with Gasteiger partial charge in [0.1, 0.15) is 18.0 Å². The number of piperidine rings is 1. The summed E-state index contributed by atoms with van der Waals surface area (Å²) in [5.41, 5.74) is -0.0743. The van der Waals surface area contributed by atoms with Crippen LogP contribution in [0.15, 0.2) is 24.3 Å². The molecule has 0 unspecified atom stereocenters. The third kappa shape index (κ3) is 5.77. The van der Waals surface area contributed by atoms with Gasteiger partial charge in [-0.25, -0.2) is 13.1 Å². The molecule has 8 heteroatoms. The quantitative estimate of drug-likeness (QED) is 0.763. The van der Waals surface area contributed by atoms with E-state index in [4.69, 9.17) is 4.74 Å². The van der Waals surface area contributed by atoms with Crippen molar-refractivity contribution in [3.8, 4) is 5.75 Å². The SMILES string of the molecule is Cc1cccc(OC[C@@]2(O)CCCN(C(=O)CNS(C)(=O)=O)C2)c1. The minimum Gasteiger partial charge on any atom is -0.491 e. The third-order valence-corrected chi connectivity index (χ3v) is 4.56. The zero-order chi connectivity index (χ0) is 17.8. The van der Waals surface area contributed by atoms with E-state index in [0.29, 0.717) is 25.1 Å². The molecular formula is C16H24N2O5S. The lowest BCUT2D eigenvalue weighted by Crippen LogP contribution is -2.54. The van der Waals surface area contributed by atoms with Crippen molar-refractivity contribution in [1.82, 2.24) is 9.62 Å². The number of likely N-dealkylation sites (tertiary alicyclic amines) is 1. The minimum atomic E-state index is -3.42. The van der Waals surface area contributed by atoms with Crippen LogP contribution in [0.4, 0.5) is 0 Å². The van der Waals surface area contributed by atoms with Crippen molar-refractivity contribution in [2.75, 3.05) is 32.5 Å². The Morgan fingerprint density at radius 3 is 2.88 bits per heavy atom. The monoisotopic (exact) mass is 356 g/mol. The number of nitrogens with one attached hydrogen (secondary N) is 1. The van der Waals surface area contributed by atoms with E-state index in [2.05, 4.69) is 4.72 Å². The van der Waals surface area contributed by atoms with E-state index in [0.717, 1.165) is 11.8 Å². The van der Waals surface area contributed by atoms with Gasteiger partial charge in [-0.15, -0.1) is 0 Å². The number of benzene rings is 1. The standard InChI is InChI=1S/C16H24N2O5S/c1-13-5-3-6-14(9-13)23-12-16(20)7-4-8-18(11-16)15(19)10-17-24(2,21)22/h3,5-6,9,17,20H,4,7-8,10-12H2,1-2H3/t16-/m1/s1. The zero-order valence-corrected chi connectivity index (χ0v) is 14.8. The first-order valence-corrected chi connectivity index (χ1v) is 9.70. The van der Waals surface area contributed by atoms with Gasteiger partial charge >= 0.3 is 0 Å². The first-order valence-electron chi connectivity index (χ1n) is 7.81. The van der Waals surface area contributed by atoms with Crippen LogP contribution >= 0.6 is 0 Å². The average Bonchev–Trinajstić information content (AvgIpc) is 2.50. The number of hydrogen-bond donors (Lipinski definition) is 2. The summed E-state index contributed by atoms with van der Waals surface area (Å²) in [4.78, 5) is 13.6. The Balaban J connectivity index is 1.91. The van der Waals surface area contributed by atoms with Gasteiger partial charge in [-0.1, -0.05) is 12.1 Å². The number of aryl methyl sites for hydroxylation is 1. The molecular weight excluding hydrogens is 332 g/mol. The summed E-state index contributed by atoms with van der Waals surface area (Å²) in [6, 6.07) is 7.53. The lowest BCUT2D eigenvalue weighted by atomic mass is 9.93. The molecule has 0 aromatic heterocycles. The maximum atomic E-state index is 12.1.